The van der Waals surface area contributed by atoms with Crippen molar-refractivity contribution < 1.29 is 4.79 Å². The van der Waals surface area contributed by atoms with Crippen LogP contribution in [0.15, 0.2) is 18.2 Å². The van der Waals surface area contributed by atoms with Crippen LogP contribution in [-0.2, 0) is 11.2 Å². The van der Waals surface area contributed by atoms with E-state index < -0.39 is 0 Å². The van der Waals surface area contributed by atoms with Crippen LogP contribution in [0.2, 0.25) is 0 Å². The maximum atomic E-state index is 11.3. The smallest absolute Gasteiger partial charge is 0.228 e. The molecule has 2 aliphatic rings. The monoisotopic (exact) mass is 259 g/mol. The minimum atomic E-state index is 0.0952. The number of carbonyl (C=O) groups is 1. The second kappa shape index (κ2) is 4.85. The Balaban J connectivity index is 1.64. The highest BCUT2D eigenvalue weighted by Gasteiger charge is 2.35. The number of hydrogen-bond donors (Lipinski definition) is 3. The minimum Gasteiger partial charge on any atom is -0.384 e. The van der Waals surface area contributed by atoms with E-state index in [1.807, 2.05) is 13.1 Å². The normalized spacial score (nSPS) is 19.5. The summed E-state index contributed by atoms with van der Waals surface area (Å²) in [4.78, 5) is 11.3. The average Bonchev–Trinajstić information content (AvgIpc) is 2.71. The summed E-state index contributed by atoms with van der Waals surface area (Å²) in [5.41, 5.74) is 3.61. The van der Waals surface area contributed by atoms with Gasteiger partial charge in [0.1, 0.15) is 0 Å². The highest BCUT2D eigenvalue weighted by atomic mass is 16.1. The molecule has 0 aromatic heterocycles. The number of carbonyl (C=O) groups excluding carboxylic acids is 1. The lowest BCUT2D eigenvalue weighted by Crippen LogP contribution is -2.44. The molecule has 4 nitrogen and oxygen atoms in total. The Morgan fingerprint density at radius 2 is 2.16 bits per heavy atom. The van der Waals surface area contributed by atoms with Gasteiger partial charge in [0.15, 0.2) is 0 Å². The fraction of sp³-hybridized carbons (Fsp3) is 0.533. The van der Waals surface area contributed by atoms with Gasteiger partial charge >= 0.3 is 0 Å². The van der Waals surface area contributed by atoms with Crippen LogP contribution in [0.3, 0.4) is 0 Å². The van der Waals surface area contributed by atoms with Crippen molar-refractivity contribution in [3.63, 3.8) is 0 Å². The molecule has 0 unspecified atom stereocenters. The Kier molecular flexibility index (Phi) is 3.19. The summed E-state index contributed by atoms with van der Waals surface area (Å²) in [5.74, 6) is 0.0952. The van der Waals surface area contributed by atoms with Crippen molar-refractivity contribution in [3.8, 4) is 0 Å². The van der Waals surface area contributed by atoms with Crippen LogP contribution in [0.5, 0.6) is 0 Å². The van der Waals surface area contributed by atoms with Gasteiger partial charge in [-0.25, -0.2) is 0 Å². The Labute approximate surface area is 114 Å². The highest BCUT2D eigenvalue weighted by molar-refractivity contribution is 5.99. The van der Waals surface area contributed by atoms with Gasteiger partial charge in [-0.05, 0) is 43.7 Å². The van der Waals surface area contributed by atoms with E-state index in [9.17, 15) is 4.79 Å². The molecule has 1 aromatic rings. The van der Waals surface area contributed by atoms with E-state index in [4.69, 9.17) is 0 Å². The standard InChI is InChI=1S/C15H21N3O/c1-16-9-15(5-2-6-15)10-17-12-3-4-13-11(7-12)8-14(19)18-13/h3-4,7,16-17H,2,5-6,8-10H2,1H3,(H,18,19). The van der Waals surface area contributed by atoms with Crippen LogP contribution in [0.25, 0.3) is 0 Å². The van der Waals surface area contributed by atoms with Crippen LogP contribution in [0.1, 0.15) is 24.8 Å². The van der Waals surface area contributed by atoms with Gasteiger partial charge in [0.05, 0.1) is 6.42 Å². The fourth-order valence-corrected chi connectivity index (χ4v) is 3.10. The molecule has 0 saturated heterocycles. The van der Waals surface area contributed by atoms with E-state index in [2.05, 4.69) is 28.1 Å². The number of nitrogens with one attached hydrogen (secondary N) is 3. The molecular weight excluding hydrogens is 238 g/mol. The zero-order valence-corrected chi connectivity index (χ0v) is 11.4. The van der Waals surface area contributed by atoms with Crippen molar-refractivity contribution in [1.29, 1.82) is 0 Å². The second-order valence-electron chi connectivity index (χ2n) is 5.83. The van der Waals surface area contributed by atoms with E-state index in [0.717, 1.165) is 30.0 Å². The molecule has 102 valence electrons. The van der Waals surface area contributed by atoms with E-state index in [-0.39, 0.29) is 5.91 Å². The number of benzene rings is 1. The first-order valence-electron chi connectivity index (χ1n) is 7.02. The maximum Gasteiger partial charge on any atom is 0.228 e. The number of amides is 1. The Hall–Kier alpha value is -1.55. The van der Waals surface area contributed by atoms with Gasteiger partial charge < -0.3 is 16.0 Å². The fourth-order valence-electron chi connectivity index (χ4n) is 3.10. The van der Waals surface area contributed by atoms with E-state index in [1.54, 1.807) is 0 Å². The average molecular weight is 259 g/mol. The zero-order chi connectivity index (χ0) is 13.3. The number of hydrogen-bond acceptors (Lipinski definition) is 3. The van der Waals surface area contributed by atoms with Crippen LogP contribution >= 0.6 is 0 Å². The predicted octanol–water partition coefficient (Wildman–Crippen LogP) is 1.98. The van der Waals surface area contributed by atoms with E-state index in [0.29, 0.717) is 11.8 Å². The molecule has 19 heavy (non-hydrogen) atoms. The molecule has 0 radical (unpaired) electrons. The van der Waals surface area contributed by atoms with Gasteiger partial charge in [-0.3, -0.25) is 4.79 Å². The van der Waals surface area contributed by atoms with Crippen LogP contribution < -0.4 is 16.0 Å². The van der Waals surface area contributed by atoms with Gasteiger partial charge in [-0.2, -0.15) is 0 Å². The topological polar surface area (TPSA) is 53.2 Å². The lowest BCUT2D eigenvalue weighted by Gasteiger charge is -2.42. The van der Waals surface area contributed by atoms with Crippen molar-refractivity contribution in [2.75, 3.05) is 30.8 Å². The number of fused-ring (bicyclic) bond motifs is 1. The van der Waals surface area contributed by atoms with Gasteiger partial charge in [0, 0.05) is 29.9 Å². The molecule has 1 aromatic carbocycles. The lowest BCUT2D eigenvalue weighted by atomic mass is 9.68. The molecule has 1 fully saturated rings. The van der Waals surface area contributed by atoms with Gasteiger partial charge in [0.25, 0.3) is 0 Å². The summed E-state index contributed by atoms with van der Waals surface area (Å²) in [6.45, 7) is 2.08. The summed E-state index contributed by atoms with van der Waals surface area (Å²) in [5, 5.41) is 9.70. The van der Waals surface area contributed by atoms with Gasteiger partial charge in [-0.1, -0.05) is 6.42 Å². The van der Waals surface area contributed by atoms with Crippen molar-refractivity contribution in [1.82, 2.24) is 5.32 Å². The Bertz CT molecular complexity index is 494. The van der Waals surface area contributed by atoms with Gasteiger partial charge in [-0.15, -0.1) is 0 Å². The summed E-state index contributed by atoms with van der Waals surface area (Å²) >= 11 is 0. The first kappa shape index (κ1) is 12.5. The first-order valence-corrected chi connectivity index (χ1v) is 7.02. The second-order valence-corrected chi connectivity index (χ2v) is 5.83. The van der Waals surface area contributed by atoms with Crippen molar-refractivity contribution in [2.24, 2.45) is 5.41 Å². The third-order valence-corrected chi connectivity index (χ3v) is 4.36. The summed E-state index contributed by atoms with van der Waals surface area (Å²) in [6.07, 6.45) is 4.44. The lowest BCUT2D eigenvalue weighted by molar-refractivity contribution is -0.115. The number of anilines is 2. The summed E-state index contributed by atoms with van der Waals surface area (Å²) < 4.78 is 0. The van der Waals surface area contributed by atoms with Crippen molar-refractivity contribution >= 4 is 17.3 Å². The highest BCUT2D eigenvalue weighted by Crippen LogP contribution is 2.40. The largest absolute Gasteiger partial charge is 0.384 e. The van der Waals surface area contributed by atoms with E-state index in [1.165, 1.54) is 19.3 Å². The van der Waals surface area contributed by atoms with Crippen LogP contribution in [-0.4, -0.2) is 26.0 Å². The van der Waals surface area contributed by atoms with Crippen molar-refractivity contribution in [2.45, 2.75) is 25.7 Å². The number of rotatable bonds is 5. The molecule has 3 N–H and O–H groups in total. The summed E-state index contributed by atoms with van der Waals surface area (Å²) in [7, 11) is 2.02. The summed E-state index contributed by atoms with van der Waals surface area (Å²) in [6, 6.07) is 6.14. The molecule has 4 heteroatoms. The Morgan fingerprint density at radius 3 is 2.84 bits per heavy atom. The SMILES string of the molecule is CNCC1(CNc2ccc3c(c2)CC(=O)N3)CCC1. The molecule has 0 bridgehead atoms. The third kappa shape index (κ3) is 2.45. The zero-order valence-electron chi connectivity index (χ0n) is 11.4. The minimum absolute atomic E-state index is 0.0952. The molecule has 1 saturated carbocycles. The maximum absolute atomic E-state index is 11.3. The predicted molar refractivity (Wildman–Crippen MR) is 77.5 cm³/mol. The molecular formula is C15H21N3O. The van der Waals surface area contributed by atoms with Gasteiger partial charge in [0.2, 0.25) is 5.91 Å². The molecule has 3 rings (SSSR count). The third-order valence-electron chi connectivity index (χ3n) is 4.36. The molecule has 1 aliphatic carbocycles. The van der Waals surface area contributed by atoms with Crippen molar-refractivity contribution in [3.05, 3.63) is 23.8 Å². The Morgan fingerprint density at radius 1 is 1.32 bits per heavy atom. The molecule has 0 atom stereocenters. The molecule has 0 spiro atoms. The molecule has 1 amide bonds. The molecule has 1 aliphatic heterocycles. The van der Waals surface area contributed by atoms with E-state index >= 15 is 0 Å². The quantitative estimate of drug-likeness (QED) is 0.758. The van der Waals surface area contributed by atoms with Crippen LogP contribution in [0, 0.1) is 5.41 Å². The van der Waals surface area contributed by atoms with Crippen LogP contribution in [0.4, 0.5) is 11.4 Å². The first-order chi connectivity index (χ1) is 9.21. The molecule has 1 heterocycles.